The van der Waals surface area contributed by atoms with E-state index in [1.165, 1.54) is 6.33 Å². The summed E-state index contributed by atoms with van der Waals surface area (Å²) in [4.78, 5) is 20.7. The van der Waals surface area contributed by atoms with Gasteiger partial charge < -0.3 is 25.8 Å². The number of amides is 1. The summed E-state index contributed by atoms with van der Waals surface area (Å²) in [7, 11) is 1.57. The second kappa shape index (κ2) is 10.3. The van der Waals surface area contributed by atoms with Gasteiger partial charge in [0.15, 0.2) is 0 Å². The van der Waals surface area contributed by atoms with E-state index in [2.05, 4.69) is 37.8 Å². The molecule has 1 amide bonds. The minimum absolute atomic E-state index is 0.161. The second-order valence-corrected chi connectivity index (χ2v) is 9.01. The maximum Gasteiger partial charge on any atom is 0.237 e. The average Bonchev–Trinajstić information content (AvgIpc) is 3.32. The van der Waals surface area contributed by atoms with Crippen LogP contribution in [0.1, 0.15) is 17.5 Å². The molecule has 4 aromatic rings. The van der Waals surface area contributed by atoms with Crippen LogP contribution in [0, 0.1) is 18.8 Å². The molecule has 1 saturated heterocycles. The third-order valence-electron chi connectivity index (χ3n) is 6.23. The highest BCUT2D eigenvalue weighted by atomic mass is 16.5. The number of hydrogen-bond donors (Lipinski definition) is 4. The number of carbonyl (C=O) groups excluding carboxylic acids is 1. The minimum Gasteiger partial charge on any atom is -0.457 e. The summed E-state index contributed by atoms with van der Waals surface area (Å²) in [5, 5.41) is 20.6. The Morgan fingerprint density at radius 3 is 2.76 bits per heavy atom. The van der Waals surface area contributed by atoms with Crippen LogP contribution in [0.5, 0.6) is 11.5 Å². The highest BCUT2D eigenvalue weighted by Gasteiger charge is 2.38. The average molecular weight is 494 g/mol. The zero-order chi connectivity index (χ0) is 25.8. The Kier molecular flexibility index (Phi) is 6.73. The minimum atomic E-state index is -1.28. The molecule has 1 aliphatic rings. The Hall–Kier alpha value is -4.45. The Morgan fingerprint density at radius 1 is 1.14 bits per heavy atom. The van der Waals surface area contributed by atoms with E-state index in [0.717, 1.165) is 33.7 Å². The molecule has 1 fully saturated rings. The van der Waals surface area contributed by atoms with Crippen LogP contribution in [0.15, 0.2) is 73.1 Å². The molecule has 0 radical (unpaired) electrons. The van der Waals surface area contributed by atoms with Crippen molar-refractivity contribution in [3.05, 3.63) is 84.2 Å². The molecular weight excluding hydrogens is 466 g/mol. The van der Waals surface area contributed by atoms with E-state index >= 15 is 0 Å². The first-order chi connectivity index (χ1) is 17.9. The van der Waals surface area contributed by atoms with Crippen molar-refractivity contribution in [2.45, 2.75) is 25.0 Å². The number of β-amino-alcohol motifs (C(OH)–C–C–N with tert-alkyl or cyclic N) is 1. The maximum absolute atomic E-state index is 11.9. The van der Waals surface area contributed by atoms with E-state index in [1.807, 2.05) is 73.7 Å². The van der Waals surface area contributed by atoms with Crippen molar-refractivity contribution in [2.24, 2.45) is 0 Å². The zero-order valence-electron chi connectivity index (χ0n) is 20.6. The Morgan fingerprint density at radius 2 is 1.97 bits per heavy atom. The van der Waals surface area contributed by atoms with Crippen LogP contribution in [-0.2, 0) is 4.79 Å². The maximum atomic E-state index is 11.9. The molecule has 37 heavy (non-hydrogen) atoms. The summed E-state index contributed by atoms with van der Waals surface area (Å²) < 4.78 is 5.99. The van der Waals surface area contributed by atoms with Crippen LogP contribution in [0.4, 0.5) is 11.5 Å². The molecule has 186 valence electrons. The van der Waals surface area contributed by atoms with Crippen LogP contribution >= 0.6 is 0 Å². The molecule has 0 bridgehead atoms. The van der Waals surface area contributed by atoms with Crippen molar-refractivity contribution in [3.8, 4) is 23.3 Å². The number of nitrogens with zero attached hydrogens (tertiary/aromatic N) is 2. The quantitative estimate of drug-likeness (QED) is 0.314. The van der Waals surface area contributed by atoms with Gasteiger partial charge >= 0.3 is 0 Å². The van der Waals surface area contributed by atoms with Crippen LogP contribution in [-0.4, -0.2) is 46.2 Å². The van der Waals surface area contributed by atoms with Gasteiger partial charge in [-0.25, -0.2) is 9.97 Å². The van der Waals surface area contributed by atoms with Crippen molar-refractivity contribution in [1.82, 2.24) is 20.6 Å². The number of benzene rings is 3. The number of hydrogen-bond acceptors (Lipinski definition) is 7. The van der Waals surface area contributed by atoms with Gasteiger partial charge in [-0.1, -0.05) is 30.0 Å². The number of rotatable bonds is 5. The smallest absolute Gasteiger partial charge is 0.237 e. The topological polar surface area (TPSA) is 108 Å². The molecule has 3 aromatic carbocycles. The molecule has 0 aliphatic carbocycles. The SMILES string of the molecule is CNC(=O)C1CC(O)(C#Cc2ccc3ncnc(Nc4ccc(Oc5ccccc5)c(C)c4)c3c2)CN1. The van der Waals surface area contributed by atoms with Crippen molar-refractivity contribution in [1.29, 1.82) is 0 Å². The highest BCUT2D eigenvalue weighted by molar-refractivity contribution is 5.91. The molecule has 5 rings (SSSR count). The van der Waals surface area contributed by atoms with E-state index in [-0.39, 0.29) is 18.9 Å². The zero-order valence-corrected chi connectivity index (χ0v) is 20.6. The van der Waals surface area contributed by atoms with Crippen molar-refractivity contribution in [2.75, 3.05) is 18.9 Å². The van der Waals surface area contributed by atoms with Gasteiger partial charge in [0.25, 0.3) is 0 Å². The van der Waals surface area contributed by atoms with Gasteiger partial charge in [-0.05, 0) is 61.0 Å². The van der Waals surface area contributed by atoms with E-state index in [0.29, 0.717) is 11.4 Å². The summed E-state index contributed by atoms with van der Waals surface area (Å²) in [6, 6.07) is 20.7. The molecule has 2 unspecified atom stereocenters. The molecule has 8 heteroatoms. The van der Waals surface area contributed by atoms with Gasteiger partial charge in [0, 0.05) is 36.7 Å². The number of anilines is 2. The molecule has 0 saturated carbocycles. The van der Waals surface area contributed by atoms with Gasteiger partial charge in [0.2, 0.25) is 5.91 Å². The number of nitrogens with one attached hydrogen (secondary N) is 3. The summed E-state index contributed by atoms with van der Waals surface area (Å²) in [6.45, 7) is 2.22. The van der Waals surface area contributed by atoms with Gasteiger partial charge in [0.05, 0.1) is 11.6 Å². The number of ether oxygens (including phenoxy) is 1. The fourth-order valence-electron chi connectivity index (χ4n) is 4.25. The van der Waals surface area contributed by atoms with Crippen LogP contribution in [0.3, 0.4) is 0 Å². The standard InChI is InChI=1S/C29H27N5O3/c1-19-14-21(9-11-26(19)37-22-6-4-3-5-7-22)34-27-23-15-20(8-10-24(23)32-18-33-27)12-13-29(36)16-25(31-17-29)28(35)30-2/h3-11,14-15,18,25,31,36H,16-17H2,1-2H3,(H,30,35)(H,32,33,34). The van der Waals surface area contributed by atoms with Crippen molar-refractivity contribution < 1.29 is 14.6 Å². The fraction of sp³-hybridized carbons (Fsp3) is 0.207. The Labute approximate surface area is 215 Å². The van der Waals surface area contributed by atoms with Gasteiger partial charge in [-0.3, -0.25) is 4.79 Å². The summed E-state index contributed by atoms with van der Waals surface area (Å²) in [6.07, 6.45) is 1.74. The number of aryl methyl sites for hydroxylation is 1. The predicted octanol–water partition coefficient (Wildman–Crippen LogP) is 3.66. The molecule has 1 aliphatic heterocycles. The number of para-hydroxylation sites is 1. The van der Waals surface area contributed by atoms with Crippen LogP contribution in [0.2, 0.25) is 0 Å². The monoisotopic (exact) mass is 493 g/mol. The molecular formula is C29H27N5O3. The van der Waals surface area contributed by atoms with Gasteiger partial charge in [-0.15, -0.1) is 0 Å². The second-order valence-electron chi connectivity index (χ2n) is 9.01. The lowest BCUT2D eigenvalue weighted by atomic mass is 10.00. The Bertz CT molecular complexity index is 1510. The van der Waals surface area contributed by atoms with E-state index in [4.69, 9.17) is 4.74 Å². The first-order valence-corrected chi connectivity index (χ1v) is 12.0. The fourth-order valence-corrected chi connectivity index (χ4v) is 4.25. The largest absolute Gasteiger partial charge is 0.457 e. The van der Waals surface area contributed by atoms with Gasteiger partial charge in [0.1, 0.15) is 29.2 Å². The first-order valence-electron chi connectivity index (χ1n) is 12.0. The lowest BCUT2D eigenvalue weighted by Crippen LogP contribution is -2.38. The highest BCUT2D eigenvalue weighted by Crippen LogP contribution is 2.30. The first kappa shape index (κ1) is 24.3. The lowest BCUT2D eigenvalue weighted by Gasteiger charge is -2.13. The lowest BCUT2D eigenvalue weighted by molar-refractivity contribution is -0.122. The number of aromatic nitrogens is 2. The Balaban J connectivity index is 1.36. The predicted molar refractivity (Wildman–Crippen MR) is 143 cm³/mol. The third kappa shape index (κ3) is 5.54. The van der Waals surface area contributed by atoms with Crippen molar-refractivity contribution >= 4 is 28.3 Å². The van der Waals surface area contributed by atoms with Crippen LogP contribution in [0.25, 0.3) is 10.9 Å². The molecule has 8 nitrogen and oxygen atoms in total. The van der Waals surface area contributed by atoms with E-state index in [1.54, 1.807) is 7.05 Å². The third-order valence-corrected chi connectivity index (χ3v) is 6.23. The molecule has 2 heterocycles. The van der Waals surface area contributed by atoms with Crippen molar-refractivity contribution in [3.63, 3.8) is 0 Å². The molecule has 2 atom stereocenters. The van der Waals surface area contributed by atoms with E-state index in [9.17, 15) is 9.90 Å². The molecule has 1 aromatic heterocycles. The van der Waals surface area contributed by atoms with Crippen LogP contribution < -0.4 is 20.7 Å². The number of likely N-dealkylation sites (N-methyl/N-ethyl adjacent to an activating group) is 1. The number of aliphatic hydroxyl groups is 1. The summed E-state index contributed by atoms with van der Waals surface area (Å²) >= 11 is 0. The normalized spacial score (nSPS) is 18.6. The van der Waals surface area contributed by atoms with Gasteiger partial charge in [-0.2, -0.15) is 0 Å². The summed E-state index contributed by atoms with van der Waals surface area (Å²) in [5.74, 6) is 8.04. The van der Waals surface area contributed by atoms with E-state index < -0.39 is 11.6 Å². The number of fused-ring (bicyclic) bond motifs is 1. The number of carbonyl (C=O) groups is 1. The molecule has 0 spiro atoms. The molecule has 4 N–H and O–H groups in total. The summed E-state index contributed by atoms with van der Waals surface area (Å²) in [5.41, 5.74) is 2.05.